The van der Waals surface area contributed by atoms with E-state index in [1.54, 1.807) is 0 Å². The highest BCUT2D eigenvalue weighted by Crippen LogP contribution is 2.11. The molecule has 1 rings (SSSR count). The van der Waals surface area contributed by atoms with Crippen LogP contribution in [0.1, 0.15) is 40.0 Å². The van der Waals surface area contributed by atoms with Gasteiger partial charge in [-0.05, 0) is 12.3 Å². The van der Waals surface area contributed by atoms with Gasteiger partial charge in [-0.2, -0.15) is 0 Å². The van der Waals surface area contributed by atoms with Crippen molar-refractivity contribution in [2.24, 2.45) is 10.9 Å². The Kier molecular flexibility index (Phi) is 3.46. The Morgan fingerprint density at radius 3 is 2.77 bits per heavy atom. The summed E-state index contributed by atoms with van der Waals surface area (Å²) in [6, 6.07) is -0.112. The normalized spacial score (nSPS) is 22.0. The second-order valence-corrected chi connectivity index (χ2v) is 3.97. The second kappa shape index (κ2) is 4.40. The fourth-order valence-corrected chi connectivity index (χ4v) is 1.46. The molecule has 1 aliphatic heterocycles. The third-order valence-corrected chi connectivity index (χ3v) is 2.05. The minimum atomic E-state index is -0.112. The van der Waals surface area contributed by atoms with Crippen LogP contribution in [-0.4, -0.2) is 17.8 Å². The first kappa shape index (κ1) is 10.2. The van der Waals surface area contributed by atoms with Crippen LogP contribution in [0.25, 0.3) is 0 Å². The van der Waals surface area contributed by atoms with Crippen molar-refractivity contribution in [1.82, 2.24) is 5.32 Å². The Morgan fingerprint density at radius 2 is 2.23 bits per heavy atom. The van der Waals surface area contributed by atoms with E-state index in [1.807, 2.05) is 0 Å². The summed E-state index contributed by atoms with van der Waals surface area (Å²) in [5, 5.41) is 2.83. The highest BCUT2D eigenvalue weighted by atomic mass is 16.2. The number of hydrogen-bond donors (Lipinski definition) is 1. The van der Waals surface area contributed by atoms with Crippen molar-refractivity contribution in [2.45, 2.75) is 46.1 Å². The molecule has 1 N–H and O–H groups in total. The van der Waals surface area contributed by atoms with E-state index < -0.39 is 0 Å². The van der Waals surface area contributed by atoms with Crippen LogP contribution in [0.4, 0.5) is 0 Å². The topological polar surface area (TPSA) is 41.5 Å². The first-order valence-electron chi connectivity index (χ1n) is 5.01. The SMILES string of the molecule is CCCC1N=C(CC(C)C)NC1=O. The fraction of sp³-hybridized carbons (Fsp3) is 0.800. The number of rotatable bonds is 4. The van der Waals surface area contributed by atoms with Crippen molar-refractivity contribution in [3.63, 3.8) is 0 Å². The van der Waals surface area contributed by atoms with Crippen LogP contribution in [0.3, 0.4) is 0 Å². The van der Waals surface area contributed by atoms with Crippen LogP contribution in [0.5, 0.6) is 0 Å². The second-order valence-electron chi connectivity index (χ2n) is 3.97. The van der Waals surface area contributed by atoms with E-state index in [2.05, 4.69) is 31.1 Å². The van der Waals surface area contributed by atoms with E-state index in [1.165, 1.54) is 0 Å². The molecule has 0 saturated carbocycles. The largest absolute Gasteiger partial charge is 0.313 e. The van der Waals surface area contributed by atoms with Gasteiger partial charge in [0.15, 0.2) is 0 Å². The molecule has 1 unspecified atom stereocenters. The number of hydrogen-bond acceptors (Lipinski definition) is 2. The van der Waals surface area contributed by atoms with E-state index >= 15 is 0 Å². The maximum atomic E-state index is 11.3. The molecule has 0 saturated heterocycles. The average molecular weight is 182 g/mol. The summed E-state index contributed by atoms with van der Waals surface area (Å²) in [4.78, 5) is 15.7. The number of aliphatic imine (C=N–C) groups is 1. The molecule has 0 radical (unpaired) electrons. The van der Waals surface area contributed by atoms with Gasteiger partial charge in [0.05, 0.1) is 0 Å². The van der Waals surface area contributed by atoms with Crippen molar-refractivity contribution in [3.05, 3.63) is 0 Å². The molecule has 0 fully saturated rings. The van der Waals surface area contributed by atoms with Crippen LogP contribution in [0, 0.1) is 5.92 Å². The lowest BCUT2D eigenvalue weighted by Gasteiger charge is -2.02. The van der Waals surface area contributed by atoms with Gasteiger partial charge in [-0.1, -0.05) is 27.2 Å². The molecule has 1 heterocycles. The monoisotopic (exact) mass is 182 g/mol. The molecule has 0 aromatic heterocycles. The maximum absolute atomic E-state index is 11.3. The lowest BCUT2D eigenvalue weighted by molar-refractivity contribution is -0.120. The zero-order valence-corrected chi connectivity index (χ0v) is 8.63. The van der Waals surface area contributed by atoms with Crippen molar-refractivity contribution < 1.29 is 4.79 Å². The number of nitrogens with zero attached hydrogens (tertiary/aromatic N) is 1. The number of amidine groups is 1. The maximum Gasteiger partial charge on any atom is 0.250 e. The number of amides is 1. The van der Waals surface area contributed by atoms with Gasteiger partial charge < -0.3 is 5.32 Å². The van der Waals surface area contributed by atoms with Gasteiger partial charge >= 0.3 is 0 Å². The molecule has 0 spiro atoms. The first-order valence-corrected chi connectivity index (χ1v) is 5.01. The van der Waals surface area contributed by atoms with Crippen molar-refractivity contribution in [2.75, 3.05) is 0 Å². The van der Waals surface area contributed by atoms with Crippen molar-refractivity contribution in [3.8, 4) is 0 Å². The van der Waals surface area contributed by atoms with Crippen LogP contribution in [0.2, 0.25) is 0 Å². The summed E-state index contributed by atoms with van der Waals surface area (Å²) in [6.07, 6.45) is 2.76. The van der Waals surface area contributed by atoms with E-state index in [-0.39, 0.29) is 11.9 Å². The van der Waals surface area contributed by atoms with Gasteiger partial charge in [0, 0.05) is 6.42 Å². The Hall–Kier alpha value is -0.860. The van der Waals surface area contributed by atoms with E-state index in [0.717, 1.165) is 25.1 Å². The molecule has 0 aliphatic carbocycles. The van der Waals surface area contributed by atoms with E-state index in [0.29, 0.717) is 5.92 Å². The summed E-state index contributed by atoms with van der Waals surface area (Å²) in [5.74, 6) is 1.51. The predicted octanol–water partition coefficient (Wildman–Crippen LogP) is 1.73. The highest BCUT2D eigenvalue weighted by molar-refractivity contribution is 6.05. The van der Waals surface area contributed by atoms with E-state index in [4.69, 9.17) is 0 Å². The smallest absolute Gasteiger partial charge is 0.250 e. The lowest BCUT2D eigenvalue weighted by Crippen LogP contribution is -2.29. The number of carbonyl (C=O) groups excluding carboxylic acids is 1. The molecular formula is C10H18N2O. The summed E-state index contributed by atoms with van der Waals surface area (Å²) in [7, 11) is 0. The molecule has 1 amide bonds. The molecule has 74 valence electrons. The molecule has 3 heteroatoms. The summed E-state index contributed by atoms with van der Waals surface area (Å²) in [5.41, 5.74) is 0. The van der Waals surface area contributed by atoms with Gasteiger partial charge in [0.1, 0.15) is 11.9 Å². The van der Waals surface area contributed by atoms with Gasteiger partial charge in [0.25, 0.3) is 0 Å². The third kappa shape index (κ3) is 2.83. The third-order valence-electron chi connectivity index (χ3n) is 2.05. The highest BCUT2D eigenvalue weighted by Gasteiger charge is 2.24. The predicted molar refractivity (Wildman–Crippen MR) is 53.7 cm³/mol. The Bertz CT molecular complexity index is 221. The van der Waals surface area contributed by atoms with Gasteiger partial charge in [-0.15, -0.1) is 0 Å². The van der Waals surface area contributed by atoms with Crippen LogP contribution >= 0.6 is 0 Å². The van der Waals surface area contributed by atoms with Gasteiger partial charge in [0.2, 0.25) is 5.91 Å². The summed E-state index contributed by atoms with van der Waals surface area (Å²) in [6.45, 7) is 6.33. The minimum Gasteiger partial charge on any atom is -0.313 e. The number of carbonyl (C=O) groups is 1. The van der Waals surface area contributed by atoms with Crippen molar-refractivity contribution >= 4 is 11.7 Å². The zero-order chi connectivity index (χ0) is 9.84. The molecule has 0 aromatic rings. The molecular weight excluding hydrogens is 164 g/mol. The van der Waals surface area contributed by atoms with Crippen LogP contribution in [0.15, 0.2) is 4.99 Å². The quantitative estimate of drug-likeness (QED) is 0.706. The number of nitrogens with one attached hydrogen (secondary N) is 1. The molecule has 13 heavy (non-hydrogen) atoms. The Labute approximate surface area is 79.6 Å². The Morgan fingerprint density at radius 1 is 1.54 bits per heavy atom. The van der Waals surface area contributed by atoms with Gasteiger partial charge in [-0.3, -0.25) is 9.79 Å². The standard InChI is InChI=1S/C10H18N2O/c1-4-5-8-10(13)12-9(11-8)6-7(2)3/h7-8H,4-6H2,1-3H3,(H,11,12,13). The fourth-order valence-electron chi connectivity index (χ4n) is 1.46. The van der Waals surface area contributed by atoms with E-state index in [9.17, 15) is 4.79 Å². The molecule has 3 nitrogen and oxygen atoms in total. The molecule has 1 aliphatic rings. The summed E-state index contributed by atoms with van der Waals surface area (Å²) < 4.78 is 0. The summed E-state index contributed by atoms with van der Waals surface area (Å²) >= 11 is 0. The lowest BCUT2D eigenvalue weighted by atomic mass is 10.1. The Balaban J connectivity index is 2.50. The van der Waals surface area contributed by atoms with Crippen LogP contribution in [-0.2, 0) is 4.79 Å². The first-order chi connectivity index (χ1) is 6.13. The average Bonchev–Trinajstić information content (AvgIpc) is 2.31. The molecule has 0 aromatic carbocycles. The van der Waals surface area contributed by atoms with Crippen LogP contribution < -0.4 is 5.32 Å². The molecule has 0 bridgehead atoms. The minimum absolute atomic E-state index is 0.0810. The van der Waals surface area contributed by atoms with Gasteiger partial charge in [-0.25, -0.2) is 0 Å². The zero-order valence-electron chi connectivity index (χ0n) is 8.63. The molecule has 1 atom stereocenters. The van der Waals surface area contributed by atoms with Crippen molar-refractivity contribution in [1.29, 1.82) is 0 Å².